The first-order chi connectivity index (χ1) is 16.2. The van der Waals surface area contributed by atoms with Crippen molar-refractivity contribution in [2.24, 2.45) is 0 Å². The average molecular weight is 475 g/mol. The molecule has 180 valence electrons. The summed E-state index contributed by atoms with van der Waals surface area (Å²) in [5.41, 5.74) is 0.675. The Balaban J connectivity index is 1.59. The molecule has 0 unspecified atom stereocenters. The van der Waals surface area contributed by atoms with E-state index in [9.17, 15) is 33.6 Å². The molecule has 0 radical (unpaired) electrons. The van der Waals surface area contributed by atoms with Crippen LogP contribution in [0.1, 0.15) is 44.1 Å². The minimum Gasteiger partial charge on any atom is -0.445 e. The zero-order chi connectivity index (χ0) is 24.7. The summed E-state index contributed by atoms with van der Waals surface area (Å²) in [5, 5.41) is 2.86. The molecule has 2 saturated heterocycles. The third kappa shape index (κ3) is 6.37. The smallest absolute Gasteiger partial charge is 0.408 e. The van der Waals surface area contributed by atoms with Crippen molar-refractivity contribution in [3.63, 3.8) is 0 Å². The van der Waals surface area contributed by atoms with Gasteiger partial charge in [-0.15, -0.1) is 10.1 Å². The maximum absolute atomic E-state index is 12.6. The Kier molecular flexibility index (Phi) is 7.90. The van der Waals surface area contributed by atoms with Crippen molar-refractivity contribution in [3.8, 4) is 0 Å². The Morgan fingerprint density at radius 2 is 1.35 bits per heavy atom. The van der Waals surface area contributed by atoms with E-state index in [1.165, 1.54) is 0 Å². The largest absolute Gasteiger partial charge is 0.445 e. The van der Waals surface area contributed by atoms with Gasteiger partial charge in [0.25, 0.3) is 23.6 Å². The van der Waals surface area contributed by atoms with Gasteiger partial charge < -0.3 is 19.7 Å². The second kappa shape index (κ2) is 11.0. The van der Waals surface area contributed by atoms with E-state index in [0.29, 0.717) is 15.7 Å². The van der Waals surface area contributed by atoms with Gasteiger partial charge in [0.15, 0.2) is 0 Å². The predicted molar refractivity (Wildman–Crippen MR) is 107 cm³/mol. The molecule has 0 bridgehead atoms. The molecule has 0 spiro atoms. The monoisotopic (exact) mass is 475 g/mol. The van der Waals surface area contributed by atoms with E-state index in [1.807, 2.05) is 0 Å². The van der Waals surface area contributed by atoms with E-state index in [0.717, 1.165) is 0 Å². The normalized spacial score (nSPS) is 16.5. The van der Waals surface area contributed by atoms with Crippen LogP contribution in [0.25, 0.3) is 0 Å². The number of benzene rings is 1. The van der Waals surface area contributed by atoms with E-state index >= 15 is 0 Å². The van der Waals surface area contributed by atoms with Crippen LogP contribution in [0.3, 0.4) is 0 Å². The fourth-order valence-corrected chi connectivity index (χ4v) is 3.03. The zero-order valence-corrected chi connectivity index (χ0v) is 17.9. The van der Waals surface area contributed by atoms with Crippen molar-refractivity contribution in [3.05, 3.63) is 35.9 Å². The van der Waals surface area contributed by atoms with Crippen LogP contribution in [0.5, 0.6) is 0 Å². The quantitative estimate of drug-likeness (QED) is 0.490. The fraction of sp³-hybridized carbons (Fsp3) is 0.381. The number of ether oxygens (including phenoxy) is 1. The lowest BCUT2D eigenvalue weighted by Crippen LogP contribution is -2.46. The van der Waals surface area contributed by atoms with Gasteiger partial charge in [-0.2, -0.15) is 0 Å². The molecule has 2 fully saturated rings. The summed E-state index contributed by atoms with van der Waals surface area (Å²) in [5.74, 6) is -5.02. The van der Waals surface area contributed by atoms with Gasteiger partial charge in [-0.05, 0) is 12.0 Å². The first-order valence-corrected chi connectivity index (χ1v) is 10.4. The summed E-state index contributed by atoms with van der Waals surface area (Å²) in [6, 6.07) is 7.16. The van der Waals surface area contributed by atoms with Crippen LogP contribution in [-0.2, 0) is 49.8 Å². The zero-order valence-electron chi connectivity index (χ0n) is 17.9. The fourth-order valence-electron chi connectivity index (χ4n) is 3.03. The summed E-state index contributed by atoms with van der Waals surface area (Å²) in [4.78, 5) is 92.9. The first kappa shape index (κ1) is 24.4. The summed E-state index contributed by atoms with van der Waals surface area (Å²) in [7, 11) is 0. The van der Waals surface area contributed by atoms with Gasteiger partial charge in [0, 0.05) is 25.7 Å². The van der Waals surface area contributed by atoms with Crippen molar-refractivity contribution in [2.75, 3.05) is 0 Å². The van der Waals surface area contributed by atoms with Crippen molar-refractivity contribution in [1.29, 1.82) is 0 Å². The molecule has 1 aromatic rings. The van der Waals surface area contributed by atoms with Gasteiger partial charge >= 0.3 is 18.0 Å². The molecule has 5 amide bonds. The van der Waals surface area contributed by atoms with Crippen LogP contribution < -0.4 is 5.32 Å². The third-order valence-corrected chi connectivity index (χ3v) is 4.81. The highest BCUT2D eigenvalue weighted by Gasteiger charge is 2.36. The molecular formula is C21H21N3O10. The van der Waals surface area contributed by atoms with E-state index in [4.69, 9.17) is 14.4 Å². The summed E-state index contributed by atoms with van der Waals surface area (Å²) in [6.45, 7) is -0.112. The number of hydrogen-bond donors (Lipinski definition) is 1. The molecule has 1 atom stereocenters. The van der Waals surface area contributed by atoms with Crippen LogP contribution in [0, 0.1) is 0 Å². The van der Waals surface area contributed by atoms with Crippen LogP contribution in [0.4, 0.5) is 4.79 Å². The Morgan fingerprint density at radius 1 is 0.824 bits per heavy atom. The highest BCUT2D eigenvalue weighted by Crippen LogP contribution is 2.16. The number of nitrogens with one attached hydrogen (secondary N) is 1. The molecule has 13 nitrogen and oxygen atoms in total. The molecule has 3 rings (SSSR count). The summed E-state index contributed by atoms with van der Waals surface area (Å²) >= 11 is 0. The number of hydroxylamine groups is 4. The van der Waals surface area contributed by atoms with E-state index in [2.05, 4.69) is 5.32 Å². The average Bonchev–Trinajstić information content (AvgIpc) is 3.31. The van der Waals surface area contributed by atoms with Crippen molar-refractivity contribution in [2.45, 2.75) is 51.2 Å². The Labute approximate surface area is 192 Å². The molecule has 1 aromatic carbocycles. The molecule has 2 heterocycles. The minimum atomic E-state index is -1.51. The van der Waals surface area contributed by atoms with Gasteiger partial charge in [0.1, 0.15) is 12.6 Å². The number of imide groups is 2. The lowest BCUT2D eigenvalue weighted by Gasteiger charge is -2.20. The molecule has 2 aliphatic heterocycles. The standard InChI is InChI=1S/C21H21N3O10/c25-15-7-8-16(26)23(15)33-19(29)11-6-14(20(30)34-24-17(27)9-10-18(24)28)22-21(31)32-12-13-4-2-1-3-5-13/h1-5,14H,6-12H2,(H,22,31)/t14-/m0/s1. The van der Waals surface area contributed by atoms with Gasteiger partial charge in [0.05, 0.1) is 6.42 Å². The Morgan fingerprint density at radius 3 is 1.91 bits per heavy atom. The number of amides is 5. The highest BCUT2D eigenvalue weighted by atomic mass is 16.7. The van der Waals surface area contributed by atoms with Crippen LogP contribution in [0.15, 0.2) is 30.3 Å². The maximum Gasteiger partial charge on any atom is 0.408 e. The third-order valence-electron chi connectivity index (χ3n) is 4.81. The second-order valence-electron chi connectivity index (χ2n) is 7.33. The van der Waals surface area contributed by atoms with Crippen LogP contribution in [-0.4, -0.2) is 57.8 Å². The number of nitrogens with zero attached hydrogens (tertiary/aromatic N) is 2. The lowest BCUT2D eigenvalue weighted by molar-refractivity contribution is -0.200. The topological polar surface area (TPSA) is 166 Å². The Hall–Kier alpha value is -4.29. The number of hydrogen-bond acceptors (Lipinski definition) is 10. The molecule has 0 aromatic heterocycles. The number of carbonyl (C=O) groups is 7. The summed E-state index contributed by atoms with van der Waals surface area (Å²) in [6.07, 6.45) is -2.38. The second-order valence-corrected chi connectivity index (χ2v) is 7.33. The maximum atomic E-state index is 12.6. The predicted octanol–water partition coefficient (Wildman–Crippen LogP) is 0.276. The SMILES string of the molecule is O=C(CC[C@H](NC(=O)OCc1ccccc1)C(=O)ON1C(=O)CCC1=O)ON1C(=O)CCC1=O. The lowest BCUT2D eigenvalue weighted by atomic mass is 10.1. The molecule has 13 heteroatoms. The molecular weight excluding hydrogens is 454 g/mol. The van der Waals surface area contributed by atoms with Gasteiger partial charge in [-0.1, -0.05) is 30.3 Å². The van der Waals surface area contributed by atoms with Crippen molar-refractivity contribution < 1.29 is 48.0 Å². The molecule has 2 aliphatic rings. The van der Waals surface area contributed by atoms with E-state index in [1.54, 1.807) is 30.3 Å². The summed E-state index contributed by atoms with van der Waals surface area (Å²) < 4.78 is 5.04. The molecule has 0 aliphatic carbocycles. The van der Waals surface area contributed by atoms with Crippen LogP contribution >= 0.6 is 0 Å². The van der Waals surface area contributed by atoms with E-state index < -0.39 is 60.5 Å². The van der Waals surface area contributed by atoms with Crippen LogP contribution in [0.2, 0.25) is 0 Å². The Bertz CT molecular complexity index is 977. The molecule has 1 N–H and O–H groups in total. The van der Waals surface area contributed by atoms with Gasteiger partial charge in [-0.3, -0.25) is 19.2 Å². The van der Waals surface area contributed by atoms with Crippen molar-refractivity contribution >= 4 is 41.7 Å². The molecule has 0 saturated carbocycles. The number of carbonyl (C=O) groups excluding carboxylic acids is 7. The van der Waals surface area contributed by atoms with Crippen molar-refractivity contribution in [1.82, 2.24) is 15.4 Å². The van der Waals surface area contributed by atoms with E-state index in [-0.39, 0.29) is 32.3 Å². The molecule has 34 heavy (non-hydrogen) atoms. The van der Waals surface area contributed by atoms with Gasteiger partial charge in [-0.25, -0.2) is 14.4 Å². The van der Waals surface area contributed by atoms with Gasteiger partial charge in [0.2, 0.25) is 0 Å². The minimum absolute atomic E-state index is 0.0895. The number of rotatable bonds is 9. The first-order valence-electron chi connectivity index (χ1n) is 10.4. The number of alkyl carbamates (subject to hydrolysis) is 1. The highest BCUT2D eigenvalue weighted by molar-refractivity contribution is 6.02.